The third-order valence-electron chi connectivity index (χ3n) is 4.83. The summed E-state index contributed by atoms with van der Waals surface area (Å²) in [6, 6.07) is -0.749. The maximum absolute atomic E-state index is 13.1. The van der Waals surface area contributed by atoms with Gasteiger partial charge < -0.3 is 10.2 Å². The molecular weight excluding hydrogens is 264 g/mol. The molecule has 1 aliphatic heterocycles. The molecule has 2 atom stereocenters. The van der Waals surface area contributed by atoms with Crippen LogP contribution in [-0.2, 0) is 9.59 Å². The van der Waals surface area contributed by atoms with Crippen molar-refractivity contribution in [1.82, 2.24) is 10.2 Å². The molecule has 1 aliphatic carbocycles. The second-order valence-corrected chi connectivity index (χ2v) is 6.62. The van der Waals surface area contributed by atoms with Crippen LogP contribution >= 0.6 is 0 Å². The lowest BCUT2D eigenvalue weighted by molar-refractivity contribution is -0.160. The maximum atomic E-state index is 13.1. The van der Waals surface area contributed by atoms with Gasteiger partial charge in [0.15, 0.2) is 0 Å². The first-order valence-corrected chi connectivity index (χ1v) is 8.07. The van der Waals surface area contributed by atoms with Crippen LogP contribution in [0.25, 0.3) is 0 Å². The number of carbonyl (C=O) groups excluding carboxylic acids is 2. The molecule has 116 valence electrons. The summed E-state index contributed by atoms with van der Waals surface area (Å²) in [6.07, 6.45) is 10.9. The third-order valence-corrected chi connectivity index (χ3v) is 4.83. The highest BCUT2D eigenvalue weighted by atomic mass is 16.2. The van der Waals surface area contributed by atoms with E-state index in [1.54, 1.807) is 4.90 Å². The van der Waals surface area contributed by atoms with Crippen LogP contribution in [-0.4, -0.2) is 34.3 Å². The molecule has 0 aromatic rings. The second-order valence-electron chi connectivity index (χ2n) is 6.62. The molecule has 1 saturated carbocycles. The topological polar surface area (TPSA) is 49.4 Å². The number of hydrogen-bond donors (Lipinski definition) is 1. The quantitative estimate of drug-likeness (QED) is 0.809. The van der Waals surface area contributed by atoms with Gasteiger partial charge in [-0.2, -0.15) is 0 Å². The average Bonchev–Trinajstić information content (AvgIpc) is 2.46. The lowest BCUT2D eigenvalue weighted by Gasteiger charge is -2.50. The molecule has 4 nitrogen and oxygen atoms in total. The van der Waals surface area contributed by atoms with Gasteiger partial charge in [0.1, 0.15) is 11.6 Å². The highest BCUT2D eigenvalue weighted by molar-refractivity contribution is 6.00. The van der Waals surface area contributed by atoms with E-state index in [0.717, 1.165) is 32.1 Å². The van der Waals surface area contributed by atoms with Crippen molar-refractivity contribution < 1.29 is 9.59 Å². The first kappa shape index (κ1) is 15.9. The van der Waals surface area contributed by atoms with Gasteiger partial charge in [-0.25, -0.2) is 0 Å². The number of piperazine rings is 1. The zero-order valence-electron chi connectivity index (χ0n) is 13.3. The molecular formula is C17H26N2O2. The molecule has 4 heteroatoms. The fourth-order valence-electron chi connectivity index (χ4n) is 3.71. The minimum absolute atomic E-state index is 0.0327. The molecule has 1 heterocycles. The molecule has 2 unspecified atom stereocenters. The fraction of sp³-hybridized carbons (Fsp3) is 0.765. The molecule has 21 heavy (non-hydrogen) atoms. The predicted molar refractivity (Wildman–Crippen MR) is 82.3 cm³/mol. The lowest BCUT2D eigenvalue weighted by Crippen LogP contribution is -2.73. The van der Waals surface area contributed by atoms with Crippen LogP contribution in [0.4, 0.5) is 0 Å². The molecule has 1 spiro atoms. The summed E-state index contributed by atoms with van der Waals surface area (Å²) in [5, 5.41) is 3.05. The highest BCUT2D eigenvalue weighted by Gasteiger charge is 2.53. The Bertz CT molecular complexity index is 458. The van der Waals surface area contributed by atoms with E-state index < -0.39 is 11.6 Å². The van der Waals surface area contributed by atoms with Crippen molar-refractivity contribution >= 4 is 11.8 Å². The van der Waals surface area contributed by atoms with E-state index in [1.165, 1.54) is 0 Å². The van der Waals surface area contributed by atoms with Gasteiger partial charge in [0.2, 0.25) is 11.8 Å². The fourth-order valence-corrected chi connectivity index (χ4v) is 3.71. The second kappa shape index (κ2) is 6.09. The van der Waals surface area contributed by atoms with Gasteiger partial charge in [-0.15, -0.1) is 6.42 Å². The van der Waals surface area contributed by atoms with E-state index in [9.17, 15) is 9.59 Å². The lowest BCUT2D eigenvalue weighted by atomic mass is 9.77. The van der Waals surface area contributed by atoms with Gasteiger partial charge in [-0.1, -0.05) is 46.0 Å². The van der Waals surface area contributed by atoms with Crippen molar-refractivity contribution in [2.75, 3.05) is 0 Å². The van der Waals surface area contributed by atoms with Crippen LogP contribution in [0.5, 0.6) is 0 Å². The Morgan fingerprint density at radius 3 is 2.43 bits per heavy atom. The summed E-state index contributed by atoms with van der Waals surface area (Å²) in [5.41, 5.74) is -0.703. The van der Waals surface area contributed by atoms with E-state index >= 15 is 0 Å². The molecule has 2 amide bonds. The van der Waals surface area contributed by atoms with Crippen LogP contribution in [0.1, 0.15) is 59.3 Å². The number of amides is 2. The number of hydrogen-bond acceptors (Lipinski definition) is 2. The summed E-state index contributed by atoms with van der Waals surface area (Å²) in [6.45, 7) is 5.90. The highest BCUT2D eigenvalue weighted by Crippen LogP contribution is 2.35. The zero-order valence-corrected chi connectivity index (χ0v) is 13.3. The first-order chi connectivity index (χ1) is 9.96. The van der Waals surface area contributed by atoms with Crippen LogP contribution in [0.3, 0.4) is 0 Å². The molecule has 0 aromatic heterocycles. The largest absolute Gasteiger partial charge is 0.340 e. The van der Waals surface area contributed by atoms with Gasteiger partial charge in [0, 0.05) is 0 Å². The number of nitrogens with zero attached hydrogens (tertiary/aromatic N) is 1. The minimum atomic E-state index is -0.703. The Labute approximate surface area is 127 Å². The molecule has 2 rings (SSSR count). The van der Waals surface area contributed by atoms with Crippen LogP contribution in [0.2, 0.25) is 0 Å². The van der Waals surface area contributed by atoms with E-state index in [4.69, 9.17) is 6.42 Å². The standard InChI is InChI=1S/C17H26N2O2/c1-5-13(6-2)19-14(12(3)4)15(20)18-17(16(19)21)10-8-7-9-11-17/h1,12-14H,6-11H2,2-4H3,(H,18,20). The Morgan fingerprint density at radius 1 is 1.33 bits per heavy atom. The first-order valence-electron chi connectivity index (χ1n) is 8.07. The van der Waals surface area contributed by atoms with Crippen molar-refractivity contribution in [2.45, 2.75) is 76.9 Å². The molecule has 1 N–H and O–H groups in total. The predicted octanol–water partition coefficient (Wildman–Crippen LogP) is 2.08. The summed E-state index contributed by atoms with van der Waals surface area (Å²) in [5.74, 6) is 2.75. The van der Waals surface area contributed by atoms with Crippen LogP contribution in [0, 0.1) is 18.3 Å². The summed E-state index contributed by atoms with van der Waals surface area (Å²) in [7, 11) is 0. The Balaban J connectivity index is 2.40. The van der Waals surface area contributed by atoms with E-state index in [-0.39, 0.29) is 23.8 Å². The van der Waals surface area contributed by atoms with Gasteiger partial charge in [0.05, 0.1) is 6.04 Å². The van der Waals surface area contributed by atoms with Gasteiger partial charge >= 0.3 is 0 Å². The Morgan fingerprint density at radius 2 is 1.95 bits per heavy atom. The molecule has 0 aromatic carbocycles. The summed E-state index contributed by atoms with van der Waals surface area (Å²) < 4.78 is 0. The van der Waals surface area contributed by atoms with Gasteiger partial charge in [-0.05, 0) is 25.2 Å². The normalized spacial score (nSPS) is 26.6. The molecule has 2 fully saturated rings. The van der Waals surface area contributed by atoms with Crippen molar-refractivity contribution in [1.29, 1.82) is 0 Å². The summed E-state index contributed by atoms with van der Waals surface area (Å²) >= 11 is 0. The van der Waals surface area contributed by atoms with Crippen molar-refractivity contribution in [3.8, 4) is 12.3 Å². The maximum Gasteiger partial charge on any atom is 0.250 e. The van der Waals surface area contributed by atoms with Crippen LogP contribution < -0.4 is 5.32 Å². The van der Waals surface area contributed by atoms with Gasteiger partial charge in [-0.3, -0.25) is 9.59 Å². The molecule has 0 radical (unpaired) electrons. The number of terminal acetylenes is 1. The minimum Gasteiger partial charge on any atom is -0.340 e. The average molecular weight is 290 g/mol. The number of nitrogens with one attached hydrogen (secondary N) is 1. The molecule has 0 bridgehead atoms. The van der Waals surface area contributed by atoms with Crippen molar-refractivity contribution in [2.24, 2.45) is 5.92 Å². The van der Waals surface area contributed by atoms with Crippen molar-refractivity contribution in [3.05, 3.63) is 0 Å². The zero-order chi connectivity index (χ0) is 15.6. The van der Waals surface area contributed by atoms with Crippen LogP contribution in [0.15, 0.2) is 0 Å². The molecule has 2 aliphatic rings. The smallest absolute Gasteiger partial charge is 0.250 e. The number of rotatable bonds is 3. The van der Waals surface area contributed by atoms with E-state index in [1.807, 2.05) is 20.8 Å². The molecule has 1 saturated heterocycles. The SMILES string of the molecule is C#CC(CC)N1C(=O)C2(CCCCC2)NC(=O)C1C(C)C. The van der Waals surface area contributed by atoms with E-state index in [0.29, 0.717) is 6.42 Å². The number of carbonyl (C=O) groups is 2. The Kier molecular flexibility index (Phi) is 4.61. The van der Waals surface area contributed by atoms with Gasteiger partial charge in [0.25, 0.3) is 0 Å². The monoisotopic (exact) mass is 290 g/mol. The Hall–Kier alpha value is -1.50. The van der Waals surface area contributed by atoms with Crippen molar-refractivity contribution in [3.63, 3.8) is 0 Å². The third kappa shape index (κ3) is 2.66. The van der Waals surface area contributed by atoms with E-state index in [2.05, 4.69) is 11.2 Å². The summed E-state index contributed by atoms with van der Waals surface area (Å²) in [4.78, 5) is 27.5.